The third-order valence-corrected chi connectivity index (χ3v) is 7.31. The number of nitro groups is 1. The number of aliphatic hydroxyl groups excluding tert-OH is 1. The molecular formula is C31H31N3O7. The number of nitrogens with zero attached hydrogens (tertiary/aromatic N) is 3. The van der Waals surface area contributed by atoms with Crippen LogP contribution in [0.2, 0.25) is 0 Å². The Morgan fingerprint density at radius 2 is 1.63 bits per heavy atom. The maximum atomic E-state index is 13.3. The van der Waals surface area contributed by atoms with Gasteiger partial charge >= 0.3 is 0 Å². The summed E-state index contributed by atoms with van der Waals surface area (Å²) in [7, 11) is 0. The van der Waals surface area contributed by atoms with Crippen molar-refractivity contribution in [3.63, 3.8) is 0 Å². The molecule has 1 amide bonds. The van der Waals surface area contributed by atoms with Crippen molar-refractivity contribution in [1.82, 2.24) is 9.80 Å². The van der Waals surface area contributed by atoms with E-state index in [1.165, 1.54) is 29.2 Å². The zero-order chi connectivity index (χ0) is 28.8. The number of ketones is 1. The van der Waals surface area contributed by atoms with Gasteiger partial charge in [0.05, 0.1) is 29.8 Å². The number of likely N-dealkylation sites (tertiary alicyclic amines) is 1. The lowest BCUT2D eigenvalue weighted by atomic mass is 9.95. The molecule has 212 valence electrons. The van der Waals surface area contributed by atoms with Crippen LogP contribution < -0.4 is 4.74 Å². The zero-order valence-corrected chi connectivity index (χ0v) is 22.5. The quantitative estimate of drug-likeness (QED) is 0.129. The number of carbonyl (C=O) groups is 2. The molecule has 0 spiro atoms. The summed E-state index contributed by atoms with van der Waals surface area (Å²) in [5.41, 5.74) is 1.72. The average molecular weight is 558 g/mol. The van der Waals surface area contributed by atoms with Crippen LogP contribution in [-0.4, -0.2) is 70.9 Å². The fraction of sp³-hybridized carbons (Fsp3) is 0.290. The van der Waals surface area contributed by atoms with Crippen molar-refractivity contribution in [1.29, 1.82) is 0 Å². The van der Waals surface area contributed by atoms with Crippen LogP contribution in [0.3, 0.4) is 0 Å². The minimum atomic E-state index is -0.880. The van der Waals surface area contributed by atoms with E-state index >= 15 is 0 Å². The lowest BCUT2D eigenvalue weighted by molar-refractivity contribution is -0.384. The summed E-state index contributed by atoms with van der Waals surface area (Å²) in [4.78, 5) is 40.9. The van der Waals surface area contributed by atoms with Crippen LogP contribution in [0.5, 0.6) is 5.75 Å². The van der Waals surface area contributed by atoms with Crippen LogP contribution in [-0.2, 0) is 20.9 Å². The fourth-order valence-corrected chi connectivity index (χ4v) is 5.13. The Hall–Kier alpha value is -4.54. The van der Waals surface area contributed by atoms with E-state index in [9.17, 15) is 24.8 Å². The molecule has 2 fully saturated rings. The highest BCUT2D eigenvalue weighted by Gasteiger charge is 2.46. The summed E-state index contributed by atoms with van der Waals surface area (Å²) in [6, 6.07) is 21.2. The van der Waals surface area contributed by atoms with Crippen LogP contribution in [0.1, 0.15) is 29.2 Å². The number of rotatable bonds is 10. The molecule has 1 unspecified atom stereocenters. The van der Waals surface area contributed by atoms with Crippen molar-refractivity contribution in [3.8, 4) is 5.75 Å². The topological polar surface area (TPSA) is 122 Å². The molecular weight excluding hydrogens is 526 g/mol. The molecule has 3 aromatic rings. The lowest BCUT2D eigenvalue weighted by Crippen LogP contribution is -2.38. The van der Waals surface area contributed by atoms with Crippen molar-refractivity contribution in [2.75, 3.05) is 39.4 Å². The molecule has 2 saturated heterocycles. The first-order chi connectivity index (χ1) is 19.9. The van der Waals surface area contributed by atoms with E-state index in [-0.39, 0.29) is 23.6 Å². The second-order valence-corrected chi connectivity index (χ2v) is 9.95. The third-order valence-electron chi connectivity index (χ3n) is 7.31. The van der Waals surface area contributed by atoms with E-state index in [4.69, 9.17) is 9.47 Å². The van der Waals surface area contributed by atoms with E-state index in [1.54, 1.807) is 24.3 Å². The van der Waals surface area contributed by atoms with E-state index in [0.717, 1.165) is 25.2 Å². The number of aliphatic hydroxyl groups is 1. The molecule has 3 aromatic carbocycles. The first-order valence-electron chi connectivity index (χ1n) is 13.5. The Balaban J connectivity index is 1.41. The van der Waals surface area contributed by atoms with Gasteiger partial charge in [-0.1, -0.05) is 30.3 Å². The van der Waals surface area contributed by atoms with Crippen LogP contribution in [0.25, 0.3) is 5.76 Å². The Labute approximate surface area is 237 Å². The second kappa shape index (κ2) is 12.8. The highest BCUT2D eigenvalue weighted by atomic mass is 16.6. The molecule has 2 aliphatic rings. The van der Waals surface area contributed by atoms with Gasteiger partial charge in [-0.15, -0.1) is 0 Å². The zero-order valence-electron chi connectivity index (χ0n) is 22.5. The summed E-state index contributed by atoms with van der Waals surface area (Å²) >= 11 is 0. The normalized spacial score (nSPS) is 18.9. The van der Waals surface area contributed by atoms with Gasteiger partial charge in [0.1, 0.15) is 18.1 Å². The van der Waals surface area contributed by atoms with E-state index < -0.39 is 22.7 Å². The molecule has 1 atom stereocenters. The minimum absolute atomic E-state index is 0.0480. The number of Topliss-reactive ketones (excluding diaryl/α,β-unsaturated/α-hetero) is 1. The second-order valence-electron chi connectivity index (χ2n) is 9.95. The first kappa shape index (κ1) is 28.0. The number of morpholine rings is 1. The van der Waals surface area contributed by atoms with E-state index in [1.807, 2.05) is 30.3 Å². The highest BCUT2D eigenvalue weighted by Crippen LogP contribution is 2.40. The van der Waals surface area contributed by atoms with Crippen LogP contribution in [0, 0.1) is 10.1 Å². The van der Waals surface area contributed by atoms with Gasteiger partial charge in [0, 0.05) is 43.9 Å². The molecule has 2 aliphatic heterocycles. The summed E-state index contributed by atoms with van der Waals surface area (Å²) < 4.78 is 11.2. The van der Waals surface area contributed by atoms with E-state index in [0.29, 0.717) is 43.1 Å². The van der Waals surface area contributed by atoms with Crippen molar-refractivity contribution in [2.24, 2.45) is 0 Å². The van der Waals surface area contributed by atoms with Gasteiger partial charge in [0.2, 0.25) is 0 Å². The number of hydrogen-bond acceptors (Lipinski definition) is 8. The van der Waals surface area contributed by atoms with Gasteiger partial charge in [0.25, 0.3) is 17.4 Å². The summed E-state index contributed by atoms with van der Waals surface area (Å²) in [6.07, 6.45) is 0.615. The van der Waals surface area contributed by atoms with Gasteiger partial charge < -0.3 is 19.5 Å². The molecule has 5 rings (SSSR count). The fourth-order valence-electron chi connectivity index (χ4n) is 5.13. The lowest BCUT2D eigenvalue weighted by Gasteiger charge is -2.29. The molecule has 0 bridgehead atoms. The predicted molar refractivity (Wildman–Crippen MR) is 151 cm³/mol. The molecule has 0 aliphatic carbocycles. The maximum absolute atomic E-state index is 13.3. The maximum Gasteiger partial charge on any atom is 0.295 e. The molecule has 41 heavy (non-hydrogen) atoms. The van der Waals surface area contributed by atoms with Crippen molar-refractivity contribution < 1.29 is 29.1 Å². The molecule has 10 nitrogen and oxygen atoms in total. The Morgan fingerprint density at radius 1 is 0.951 bits per heavy atom. The number of carbonyl (C=O) groups excluding carboxylic acids is 2. The number of benzene rings is 3. The Bertz CT molecular complexity index is 1420. The standard InChI is InChI=1S/C31H31N3O7/c35-29(24-9-13-26(14-10-24)41-21-22-5-2-1-3-6-22)27-28(23-7-11-25(12-8-23)34(38)39)33(31(37)30(27)36)16-4-15-32-17-19-40-20-18-32/h1-3,5-14,28,35H,4,15-21H2/b29-27+. The smallest absolute Gasteiger partial charge is 0.295 e. The molecule has 0 aromatic heterocycles. The molecule has 0 radical (unpaired) electrons. The minimum Gasteiger partial charge on any atom is -0.507 e. The molecule has 0 saturated carbocycles. The van der Waals surface area contributed by atoms with E-state index in [2.05, 4.69) is 4.90 Å². The van der Waals surface area contributed by atoms with Crippen LogP contribution in [0.4, 0.5) is 5.69 Å². The number of ether oxygens (including phenoxy) is 2. The monoisotopic (exact) mass is 557 g/mol. The molecule has 2 heterocycles. The number of nitro benzene ring substituents is 1. The molecule has 10 heteroatoms. The van der Waals surface area contributed by atoms with Crippen molar-refractivity contribution in [3.05, 3.63) is 111 Å². The Kier molecular flexibility index (Phi) is 8.71. The van der Waals surface area contributed by atoms with Crippen molar-refractivity contribution >= 4 is 23.1 Å². The summed E-state index contributed by atoms with van der Waals surface area (Å²) in [5.74, 6) is -1.22. The average Bonchev–Trinajstić information content (AvgIpc) is 3.26. The third kappa shape index (κ3) is 6.45. The predicted octanol–water partition coefficient (Wildman–Crippen LogP) is 4.32. The van der Waals surface area contributed by atoms with Gasteiger partial charge in [-0.3, -0.25) is 24.6 Å². The first-order valence-corrected chi connectivity index (χ1v) is 13.5. The number of non-ortho nitro benzene ring substituents is 1. The van der Waals surface area contributed by atoms with Gasteiger partial charge in [0.15, 0.2) is 0 Å². The van der Waals surface area contributed by atoms with Gasteiger partial charge in [-0.2, -0.15) is 0 Å². The number of amides is 1. The van der Waals surface area contributed by atoms with Crippen molar-refractivity contribution in [2.45, 2.75) is 19.1 Å². The summed E-state index contributed by atoms with van der Waals surface area (Å²) in [5, 5.41) is 22.6. The highest BCUT2D eigenvalue weighted by molar-refractivity contribution is 6.46. The summed E-state index contributed by atoms with van der Waals surface area (Å²) in [6.45, 7) is 4.30. The number of hydrogen-bond donors (Lipinski definition) is 1. The molecule has 1 N–H and O–H groups in total. The Morgan fingerprint density at radius 3 is 2.29 bits per heavy atom. The van der Waals surface area contributed by atoms with Gasteiger partial charge in [-0.25, -0.2) is 0 Å². The largest absolute Gasteiger partial charge is 0.507 e. The SMILES string of the molecule is O=C1C(=O)N(CCCN2CCOCC2)C(c2ccc([N+](=O)[O-])cc2)/C1=C(\O)c1ccc(OCc2ccccc2)cc1. The van der Waals surface area contributed by atoms with Crippen LogP contribution >= 0.6 is 0 Å². The van der Waals surface area contributed by atoms with Gasteiger partial charge in [-0.05, 0) is 53.9 Å². The van der Waals surface area contributed by atoms with Crippen LogP contribution in [0.15, 0.2) is 84.4 Å².